The zero-order valence-electron chi connectivity index (χ0n) is 13.1. The van der Waals surface area contributed by atoms with Crippen molar-refractivity contribution in [2.75, 3.05) is 5.32 Å². The van der Waals surface area contributed by atoms with Gasteiger partial charge in [-0.25, -0.2) is 13.6 Å². The van der Waals surface area contributed by atoms with Gasteiger partial charge in [0.25, 0.3) is 0 Å². The monoisotopic (exact) mass is 346 g/mol. The fourth-order valence-corrected chi connectivity index (χ4v) is 2.96. The van der Waals surface area contributed by atoms with Crippen LogP contribution in [0.1, 0.15) is 30.8 Å². The number of nitrogens with two attached hydrogens (primary N) is 1. The Hall–Kier alpha value is -2.38. The molecule has 1 fully saturated rings. The molecule has 3 rings (SSSR count). The van der Waals surface area contributed by atoms with Crippen LogP contribution in [-0.2, 0) is 14.8 Å². The lowest BCUT2D eigenvalue weighted by Gasteiger charge is -2.03. The molecule has 2 atom stereocenters. The largest absolute Gasteiger partial charge is 0.461 e. The van der Waals surface area contributed by atoms with E-state index in [1.54, 1.807) is 6.08 Å². The fraction of sp³-hybridized carbons (Fsp3) is 0.235. The number of hydrogen-bond acceptors (Lipinski definition) is 4. The van der Waals surface area contributed by atoms with Gasteiger partial charge in [-0.1, -0.05) is 6.92 Å². The Morgan fingerprint density at radius 1 is 1.25 bits per heavy atom. The fourth-order valence-electron chi connectivity index (χ4n) is 2.45. The molecule has 1 aromatic heterocycles. The quantitative estimate of drug-likeness (QED) is 0.813. The summed E-state index contributed by atoms with van der Waals surface area (Å²) in [6.07, 6.45) is 4.11. The summed E-state index contributed by atoms with van der Waals surface area (Å²) in [6, 6.07) is 9.41. The van der Waals surface area contributed by atoms with Crippen LogP contribution in [0, 0.1) is 5.92 Å². The second-order valence-corrected chi connectivity index (χ2v) is 7.51. The normalized spacial score (nSPS) is 20.2. The number of anilines is 1. The lowest BCUT2D eigenvalue weighted by Crippen LogP contribution is -2.12. The highest BCUT2D eigenvalue weighted by Gasteiger charge is 2.36. The molecule has 0 spiro atoms. The molecule has 126 valence electrons. The van der Waals surface area contributed by atoms with Crippen molar-refractivity contribution in [3.63, 3.8) is 0 Å². The minimum atomic E-state index is -3.74. The second-order valence-electron chi connectivity index (χ2n) is 5.95. The van der Waals surface area contributed by atoms with Gasteiger partial charge in [-0.3, -0.25) is 4.79 Å². The number of hydrogen-bond donors (Lipinski definition) is 2. The van der Waals surface area contributed by atoms with E-state index in [0.717, 1.165) is 12.2 Å². The SMILES string of the molecule is C[C@@H]1C[C@H]1c1ccc(/C=C\C(=O)Nc2ccc(S(N)(=O)=O)cc2)o1. The summed E-state index contributed by atoms with van der Waals surface area (Å²) < 4.78 is 28.0. The molecule has 0 aliphatic heterocycles. The zero-order valence-corrected chi connectivity index (χ0v) is 13.9. The molecule has 24 heavy (non-hydrogen) atoms. The minimum absolute atomic E-state index is 0.00606. The van der Waals surface area contributed by atoms with Crippen LogP contribution in [0.3, 0.4) is 0 Å². The smallest absolute Gasteiger partial charge is 0.248 e. The molecule has 1 amide bonds. The number of amides is 1. The second kappa shape index (κ2) is 6.26. The number of furan rings is 1. The van der Waals surface area contributed by atoms with E-state index in [0.29, 0.717) is 23.3 Å². The summed E-state index contributed by atoms with van der Waals surface area (Å²) in [5.74, 6) is 2.41. The maximum absolute atomic E-state index is 11.9. The van der Waals surface area contributed by atoms with Gasteiger partial charge in [0, 0.05) is 17.7 Å². The number of nitrogens with one attached hydrogen (secondary N) is 1. The van der Waals surface area contributed by atoms with Crippen LogP contribution in [0.15, 0.2) is 51.8 Å². The van der Waals surface area contributed by atoms with Crippen molar-refractivity contribution in [1.82, 2.24) is 0 Å². The molecule has 1 aromatic carbocycles. The average molecular weight is 346 g/mol. The van der Waals surface area contributed by atoms with Crippen molar-refractivity contribution in [3.05, 3.63) is 54.0 Å². The van der Waals surface area contributed by atoms with Gasteiger partial charge < -0.3 is 9.73 Å². The third kappa shape index (κ3) is 3.93. The molecule has 2 aromatic rings. The number of benzene rings is 1. The van der Waals surface area contributed by atoms with E-state index in [-0.39, 0.29) is 10.8 Å². The summed E-state index contributed by atoms with van der Waals surface area (Å²) in [6.45, 7) is 2.18. The highest BCUT2D eigenvalue weighted by molar-refractivity contribution is 7.89. The van der Waals surface area contributed by atoms with E-state index in [2.05, 4.69) is 12.2 Å². The Morgan fingerprint density at radius 2 is 1.92 bits per heavy atom. The van der Waals surface area contributed by atoms with Crippen LogP contribution in [-0.4, -0.2) is 14.3 Å². The van der Waals surface area contributed by atoms with Gasteiger partial charge in [0.05, 0.1) is 4.90 Å². The first-order valence-electron chi connectivity index (χ1n) is 7.54. The molecular weight excluding hydrogens is 328 g/mol. The van der Waals surface area contributed by atoms with Crippen LogP contribution in [0.4, 0.5) is 5.69 Å². The van der Waals surface area contributed by atoms with Gasteiger partial charge in [-0.2, -0.15) is 0 Å². The highest BCUT2D eigenvalue weighted by Crippen LogP contribution is 2.47. The number of carbonyl (C=O) groups is 1. The van der Waals surface area contributed by atoms with E-state index < -0.39 is 10.0 Å². The molecule has 1 aliphatic rings. The molecule has 0 unspecified atom stereocenters. The van der Waals surface area contributed by atoms with Gasteiger partial charge in [-0.05, 0) is 54.8 Å². The first-order chi connectivity index (χ1) is 11.3. The standard InChI is InChI=1S/C17H18N2O4S/c1-11-10-15(11)16-8-4-13(23-16)5-9-17(20)19-12-2-6-14(7-3-12)24(18,21)22/h2-9,11,15H,10H2,1H3,(H,19,20)(H2,18,21,22)/b9-5-/t11-,15-/m1/s1. The van der Waals surface area contributed by atoms with E-state index >= 15 is 0 Å². The zero-order chi connectivity index (χ0) is 17.3. The molecule has 6 nitrogen and oxygen atoms in total. The minimum Gasteiger partial charge on any atom is -0.461 e. The Kier molecular flexibility index (Phi) is 4.29. The summed E-state index contributed by atoms with van der Waals surface area (Å²) >= 11 is 0. The molecule has 3 N–H and O–H groups in total. The molecule has 1 saturated carbocycles. The van der Waals surface area contributed by atoms with Crippen molar-refractivity contribution in [2.24, 2.45) is 11.1 Å². The third-order valence-corrected chi connectivity index (χ3v) is 4.90. The number of carbonyl (C=O) groups excluding carboxylic acids is 1. The third-order valence-electron chi connectivity index (χ3n) is 3.97. The topological polar surface area (TPSA) is 102 Å². The van der Waals surface area contributed by atoms with E-state index in [4.69, 9.17) is 9.56 Å². The van der Waals surface area contributed by atoms with Gasteiger partial charge in [0.1, 0.15) is 11.5 Å². The Bertz CT molecular complexity index is 882. The molecule has 0 saturated heterocycles. The van der Waals surface area contributed by atoms with Gasteiger partial charge >= 0.3 is 0 Å². The van der Waals surface area contributed by atoms with E-state index in [1.165, 1.54) is 30.3 Å². The Balaban J connectivity index is 1.60. The summed E-state index contributed by atoms with van der Waals surface area (Å²) in [7, 11) is -3.74. The first kappa shape index (κ1) is 16.5. The number of sulfonamides is 1. The molecule has 7 heteroatoms. The van der Waals surface area contributed by atoms with Gasteiger partial charge in [0.15, 0.2) is 0 Å². The van der Waals surface area contributed by atoms with Crippen LogP contribution >= 0.6 is 0 Å². The average Bonchev–Trinajstić information content (AvgIpc) is 3.07. The van der Waals surface area contributed by atoms with Crippen molar-refractivity contribution >= 4 is 27.7 Å². The Morgan fingerprint density at radius 3 is 2.50 bits per heavy atom. The van der Waals surface area contributed by atoms with Crippen LogP contribution in [0.5, 0.6) is 0 Å². The predicted molar refractivity (Wildman–Crippen MR) is 90.7 cm³/mol. The molecule has 1 aliphatic carbocycles. The highest BCUT2D eigenvalue weighted by atomic mass is 32.2. The maximum atomic E-state index is 11.9. The molecule has 0 bridgehead atoms. The predicted octanol–water partition coefficient (Wildman–Crippen LogP) is 2.70. The van der Waals surface area contributed by atoms with Crippen molar-refractivity contribution < 1.29 is 17.6 Å². The summed E-state index contributed by atoms with van der Waals surface area (Å²) in [5.41, 5.74) is 0.476. The lowest BCUT2D eigenvalue weighted by molar-refractivity contribution is -0.111. The maximum Gasteiger partial charge on any atom is 0.248 e. The summed E-state index contributed by atoms with van der Waals surface area (Å²) in [4.78, 5) is 11.9. The van der Waals surface area contributed by atoms with E-state index in [1.807, 2.05) is 12.1 Å². The molecule has 1 heterocycles. The summed E-state index contributed by atoms with van der Waals surface area (Å²) in [5, 5.41) is 7.66. The Labute approximate surface area is 140 Å². The van der Waals surface area contributed by atoms with Crippen LogP contribution in [0.25, 0.3) is 6.08 Å². The first-order valence-corrected chi connectivity index (χ1v) is 9.09. The van der Waals surface area contributed by atoms with Crippen molar-refractivity contribution in [2.45, 2.75) is 24.2 Å². The number of primary sulfonamides is 1. The van der Waals surface area contributed by atoms with Crippen LogP contribution < -0.4 is 10.5 Å². The van der Waals surface area contributed by atoms with Gasteiger partial charge in [0.2, 0.25) is 15.9 Å². The molecule has 0 radical (unpaired) electrons. The lowest BCUT2D eigenvalue weighted by atomic mass is 10.3. The van der Waals surface area contributed by atoms with Crippen molar-refractivity contribution in [3.8, 4) is 0 Å². The van der Waals surface area contributed by atoms with Gasteiger partial charge in [-0.15, -0.1) is 0 Å². The van der Waals surface area contributed by atoms with E-state index in [9.17, 15) is 13.2 Å². The molecular formula is C17H18N2O4S. The van der Waals surface area contributed by atoms with Crippen molar-refractivity contribution in [1.29, 1.82) is 0 Å². The van der Waals surface area contributed by atoms with Crippen LogP contribution in [0.2, 0.25) is 0 Å². The number of rotatable bonds is 5.